The summed E-state index contributed by atoms with van der Waals surface area (Å²) in [6, 6.07) is 3.96. The van der Waals surface area contributed by atoms with Crippen LogP contribution in [0.5, 0.6) is 0 Å². The molecule has 3 rings (SSSR count). The second-order valence-corrected chi connectivity index (χ2v) is 7.10. The molecule has 0 spiro atoms. The van der Waals surface area contributed by atoms with Crippen molar-refractivity contribution in [3.05, 3.63) is 29.9 Å². The van der Waals surface area contributed by atoms with Crippen LogP contribution in [0.1, 0.15) is 45.6 Å². The van der Waals surface area contributed by atoms with Crippen molar-refractivity contribution in [3.63, 3.8) is 0 Å². The van der Waals surface area contributed by atoms with E-state index in [0.29, 0.717) is 18.2 Å². The molecule has 5 heteroatoms. The molecule has 1 aliphatic rings. The topological polar surface area (TPSA) is 60.4 Å². The number of aromatic nitrogens is 1. The average Bonchev–Trinajstić information content (AvgIpc) is 3.05. The number of oxazole rings is 1. The first-order valence-corrected chi connectivity index (χ1v) is 7.71. The smallest absolute Gasteiger partial charge is 0.263 e. The number of rotatable bonds is 4. The molecule has 0 bridgehead atoms. The van der Waals surface area contributed by atoms with Crippen LogP contribution in [-0.4, -0.2) is 22.2 Å². The van der Waals surface area contributed by atoms with Gasteiger partial charge in [-0.05, 0) is 53.2 Å². The molecule has 0 radical (unpaired) electrons. The van der Waals surface area contributed by atoms with Crippen molar-refractivity contribution in [3.8, 4) is 11.7 Å². The molecule has 1 saturated heterocycles. The van der Waals surface area contributed by atoms with Crippen molar-refractivity contribution >= 4 is 0 Å². The number of ether oxygens (including phenoxy) is 1. The summed E-state index contributed by atoms with van der Waals surface area (Å²) in [5, 5.41) is 3.57. The Morgan fingerprint density at radius 1 is 1.32 bits per heavy atom. The lowest BCUT2D eigenvalue weighted by atomic mass is 9.94. The summed E-state index contributed by atoms with van der Waals surface area (Å²) in [5.41, 5.74) is 0.622. The average molecular weight is 304 g/mol. The van der Waals surface area contributed by atoms with Crippen LogP contribution >= 0.6 is 0 Å². The largest absolute Gasteiger partial charge is 0.459 e. The lowest BCUT2D eigenvalue weighted by Crippen LogP contribution is -2.43. The fourth-order valence-electron chi connectivity index (χ4n) is 3.20. The van der Waals surface area contributed by atoms with Gasteiger partial charge in [0, 0.05) is 12.6 Å². The van der Waals surface area contributed by atoms with Crippen LogP contribution in [0.25, 0.3) is 11.7 Å². The van der Waals surface area contributed by atoms with Gasteiger partial charge >= 0.3 is 0 Å². The van der Waals surface area contributed by atoms with Crippen molar-refractivity contribution < 1.29 is 13.6 Å². The lowest BCUT2D eigenvalue weighted by molar-refractivity contribution is -0.0699. The number of furan rings is 1. The first-order valence-electron chi connectivity index (χ1n) is 7.71. The Hall–Kier alpha value is -1.59. The van der Waals surface area contributed by atoms with Crippen LogP contribution in [0.3, 0.4) is 0 Å². The van der Waals surface area contributed by atoms with Crippen LogP contribution in [0.4, 0.5) is 0 Å². The number of hydrogen-bond donors (Lipinski definition) is 1. The second kappa shape index (κ2) is 5.25. The summed E-state index contributed by atoms with van der Waals surface area (Å²) in [4.78, 5) is 4.53. The van der Waals surface area contributed by atoms with E-state index in [1.54, 1.807) is 6.26 Å². The van der Waals surface area contributed by atoms with Crippen molar-refractivity contribution in [2.45, 2.75) is 64.8 Å². The highest BCUT2D eigenvalue weighted by Crippen LogP contribution is 2.37. The zero-order chi connectivity index (χ0) is 16.0. The van der Waals surface area contributed by atoms with Crippen molar-refractivity contribution in [2.75, 3.05) is 0 Å². The standard InChI is InChI=1S/C17H24N2O3/c1-11-12(19-15(21-11)13-7-6-8-20-13)10-18-14-9-16(2,3)22-17(14,4)5/h6-8,14,18H,9-10H2,1-5H3. The van der Waals surface area contributed by atoms with Crippen LogP contribution in [0, 0.1) is 6.92 Å². The number of hydrogen-bond acceptors (Lipinski definition) is 5. The second-order valence-electron chi connectivity index (χ2n) is 7.10. The van der Waals surface area contributed by atoms with Gasteiger partial charge in [-0.2, -0.15) is 0 Å². The summed E-state index contributed by atoms with van der Waals surface area (Å²) < 4.78 is 17.1. The molecule has 120 valence electrons. The monoisotopic (exact) mass is 304 g/mol. The maximum Gasteiger partial charge on any atom is 0.263 e. The summed E-state index contributed by atoms with van der Waals surface area (Å²) in [6.45, 7) is 11.1. The van der Waals surface area contributed by atoms with E-state index in [0.717, 1.165) is 17.9 Å². The maximum absolute atomic E-state index is 6.11. The Morgan fingerprint density at radius 2 is 2.09 bits per heavy atom. The Morgan fingerprint density at radius 3 is 2.68 bits per heavy atom. The fraction of sp³-hybridized carbons (Fsp3) is 0.588. The van der Waals surface area contributed by atoms with Gasteiger partial charge in [0.25, 0.3) is 5.89 Å². The van der Waals surface area contributed by atoms with E-state index in [1.807, 2.05) is 19.1 Å². The summed E-state index contributed by atoms with van der Waals surface area (Å²) in [7, 11) is 0. The Balaban J connectivity index is 1.70. The van der Waals surface area contributed by atoms with Gasteiger partial charge in [-0.1, -0.05) is 0 Å². The van der Waals surface area contributed by atoms with Gasteiger partial charge in [-0.3, -0.25) is 0 Å². The van der Waals surface area contributed by atoms with Crippen molar-refractivity contribution in [2.24, 2.45) is 0 Å². The minimum Gasteiger partial charge on any atom is -0.459 e. The van der Waals surface area contributed by atoms with Crippen LogP contribution in [-0.2, 0) is 11.3 Å². The van der Waals surface area contributed by atoms with E-state index in [9.17, 15) is 0 Å². The third-order valence-electron chi connectivity index (χ3n) is 4.21. The van der Waals surface area contributed by atoms with E-state index in [2.05, 4.69) is 38.0 Å². The zero-order valence-corrected chi connectivity index (χ0v) is 13.9. The molecule has 1 unspecified atom stereocenters. The minimum absolute atomic E-state index is 0.0979. The summed E-state index contributed by atoms with van der Waals surface area (Å²) in [6.07, 6.45) is 2.59. The maximum atomic E-state index is 6.11. The zero-order valence-electron chi connectivity index (χ0n) is 13.9. The molecular formula is C17H24N2O3. The SMILES string of the molecule is Cc1oc(-c2ccco2)nc1CNC1CC(C)(C)OC1(C)C. The Labute approximate surface area is 131 Å². The van der Waals surface area contributed by atoms with Crippen LogP contribution in [0.2, 0.25) is 0 Å². The van der Waals surface area contributed by atoms with Gasteiger partial charge in [0.1, 0.15) is 5.76 Å². The third-order valence-corrected chi connectivity index (χ3v) is 4.21. The van der Waals surface area contributed by atoms with E-state index in [4.69, 9.17) is 13.6 Å². The Kier molecular flexibility index (Phi) is 3.65. The first kappa shape index (κ1) is 15.3. The molecular weight excluding hydrogens is 280 g/mol. The van der Waals surface area contributed by atoms with E-state index < -0.39 is 0 Å². The molecule has 1 aliphatic heterocycles. The number of aryl methyl sites for hydroxylation is 1. The third kappa shape index (κ3) is 2.96. The highest BCUT2D eigenvalue weighted by atomic mass is 16.5. The molecule has 2 aromatic heterocycles. The summed E-state index contributed by atoms with van der Waals surface area (Å²) >= 11 is 0. The van der Waals surface area contributed by atoms with E-state index >= 15 is 0 Å². The minimum atomic E-state index is -0.190. The normalized spacial score (nSPS) is 23.0. The van der Waals surface area contributed by atoms with Gasteiger partial charge < -0.3 is 18.9 Å². The highest BCUT2D eigenvalue weighted by molar-refractivity contribution is 5.44. The Bertz CT molecular complexity index is 641. The van der Waals surface area contributed by atoms with Gasteiger partial charge in [-0.15, -0.1) is 0 Å². The van der Waals surface area contributed by atoms with Crippen molar-refractivity contribution in [1.82, 2.24) is 10.3 Å². The van der Waals surface area contributed by atoms with Gasteiger partial charge in [0.05, 0.1) is 23.2 Å². The van der Waals surface area contributed by atoms with E-state index in [1.165, 1.54) is 0 Å². The molecule has 0 amide bonds. The van der Waals surface area contributed by atoms with Gasteiger partial charge in [0.15, 0.2) is 5.76 Å². The molecule has 1 fully saturated rings. The fourth-order valence-corrected chi connectivity index (χ4v) is 3.20. The number of nitrogens with one attached hydrogen (secondary N) is 1. The van der Waals surface area contributed by atoms with Gasteiger partial charge in [0.2, 0.25) is 0 Å². The molecule has 1 N–H and O–H groups in total. The predicted molar refractivity (Wildman–Crippen MR) is 83.4 cm³/mol. The molecule has 3 heterocycles. The molecule has 0 saturated carbocycles. The predicted octanol–water partition coefficient (Wildman–Crippen LogP) is 3.68. The molecule has 1 atom stereocenters. The summed E-state index contributed by atoms with van der Waals surface area (Å²) in [5.74, 6) is 2.00. The molecule has 2 aromatic rings. The van der Waals surface area contributed by atoms with E-state index in [-0.39, 0.29) is 17.2 Å². The first-order chi connectivity index (χ1) is 10.3. The van der Waals surface area contributed by atoms with Crippen LogP contribution < -0.4 is 5.32 Å². The highest BCUT2D eigenvalue weighted by Gasteiger charge is 2.45. The van der Waals surface area contributed by atoms with Crippen LogP contribution in [0.15, 0.2) is 27.2 Å². The van der Waals surface area contributed by atoms with Gasteiger partial charge in [-0.25, -0.2) is 4.98 Å². The molecule has 22 heavy (non-hydrogen) atoms. The van der Waals surface area contributed by atoms with Crippen molar-refractivity contribution in [1.29, 1.82) is 0 Å². The quantitative estimate of drug-likeness (QED) is 0.933. The number of nitrogens with zero attached hydrogens (tertiary/aromatic N) is 1. The molecule has 0 aromatic carbocycles. The molecule has 0 aliphatic carbocycles. The lowest BCUT2D eigenvalue weighted by Gasteiger charge is -2.27. The molecule has 5 nitrogen and oxygen atoms in total.